The van der Waals surface area contributed by atoms with E-state index in [4.69, 9.17) is 9.47 Å². The van der Waals surface area contributed by atoms with Gasteiger partial charge in [0.25, 0.3) is 20.0 Å². The number of amides is 4. The van der Waals surface area contributed by atoms with Crippen LogP contribution >= 0.6 is 0 Å². The van der Waals surface area contributed by atoms with Crippen LogP contribution in [0.15, 0.2) is 107 Å². The summed E-state index contributed by atoms with van der Waals surface area (Å²) in [6, 6.07) is 22.3. The highest BCUT2D eigenvalue weighted by Gasteiger charge is 2.21. The third-order valence-corrected chi connectivity index (χ3v) is 10.4. The number of carbonyl (C=O) groups is 4. The second-order valence-electron chi connectivity index (χ2n) is 11.5. The van der Waals surface area contributed by atoms with Gasteiger partial charge in [0.1, 0.15) is 0 Å². The highest BCUT2D eigenvalue weighted by atomic mass is 32.2. The monoisotopic (exact) mass is 750 g/mol. The van der Waals surface area contributed by atoms with E-state index >= 15 is 0 Å². The van der Waals surface area contributed by atoms with Crippen LogP contribution in [0.5, 0.6) is 0 Å². The average molecular weight is 751 g/mol. The van der Waals surface area contributed by atoms with Crippen molar-refractivity contribution in [2.24, 2.45) is 0 Å². The second-order valence-corrected chi connectivity index (χ2v) is 14.8. The quantitative estimate of drug-likeness (QED) is 0.0837. The lowest BCUT2D eigenvalue weighted by atomic mass is 10.2. The number of ether oxygens (including phenoxy) is 2. The van der Waals surface area contributed by atoms with Gasteiger partial charge in [0, 0.05) is 11.4 Å². The standard InChI is InChI=1S/C36H38N4O10S2/c1-25-13-5-7-19-31(25)51(45,46)39-35(43)37-29-17-11-15-27(23-29)33(41)49-21-9-3-4-10-22-50-34(42)28-16-12-18-30(24-28)38-36(44)40-52(47,48)32-20-8-6-14-26(32)2/h5-8,11-20,23-24H,3-4,9-10,21-22H2,1-2H3,(H2,37,39,43)(H2,38,40,44). The molecule has 0 aliphatic rings. The Bertz CT molecular complexity index is 2000. The van der Waals surface area contributed by atoms with Gasteiger partial charge in [-0.1, -0.05) is 48.5 Å². The summed E-state index contributed by atoms with van der Waals surface area (Å²) in [7, 11) is -8.21. The van der Waals surface area contributed by atoms with Crippen LogP contribution in [0.4, 0.5) is 21.0 Å². The minimum Gasteiger partial charge on any atom is -0.462 e. The lowest BCUT2D eigenvalue weighted by molar-refractivity contribution is 0.0474. The van der Waals surface area contributed by atoms with Gasteiger partial charge in [0.15, 0.2) is 0 Å². The molecule has 274 valence electrons. The molecule has 0 fully saturated rings. The molecule has 4 aromatic carbocycles. The Labute approximate surface area is 302 Å². The highest BCUT2D eigenvalue weighted by molar-refractivity contribution is 7.90. The Morgan fingerprint density at radius 2 is 0.904 bits per heavy atom. The lowest BCUT2D eigenvalue weighted by Crippen LogP contribution is -2.34. The Morgan fingerprint density at radius 1 is 0.519 bits per heavy atom. The first kappa shape index (κ1) is 39.1. The van der Waals surface area contributed by atoms with Crippen molar-refractivity contribution >= 4 is 55.4 Å². The summed E-state index contributed by atoms with van der Waals surface area (Å²) in [6.45, 7) is 3.48. The van der Waals surface area contributed by atoms with Gasteiger partial charge in [-0.15, -0.1) is 0 Å². The first-order chi connectivity index (χ1) is 24.7. The molecule has 0 atom stereocenters. The number of rotatable bonds is 15. The molecule has 0 radical (unpaired) electrons. The molecular weight excluding hydrogens is 713 g/mol. The van der Waals surface area contributed by atoms with E-state index in [1.807, 2.05) is 9.44 Å². The molecule has 4 aromatic rings. The van der Waals surface area contributed by atoms with Crippen molar-refractivity contribution in [2.75, 3.05) is 23.8 Å². The summed E-state index contributed by atoms with van der Waals surface area (Å²) in [6.07, 6.45) is 2.46. The molecule has 0 aliphatic carbocycles. The summed E-state index contributed by atoms with van der Waals surface area (Å²) in [5.41, 5.74) is 1.67. The summed E-state index contributed by atoms with van der Waals surface area (Å²) < 4.78 is 64.8. The van der Waals surface area contributed by atoms with Crippen LogP contribution in [0.3, 0.4) is 0 Å². The van der Waals surface area contributed by atoms with Crippen molar-refractivity contribution in [1.29, 1.82) is 0 Å². The zero-order valence-corrected chi connectivity index (χ0v) is 30.0. The molecule has 4 rings (SSSR count). The second kappa shape index (κ2) is 18.0. The van der Waals surface area contributed by atoms with Crippen LogP contribution in [-0.4, -0.2) is 54.1 Å². The van der Waals surface area contributed by atoms with E-state index in [0.717, 1.165) is 0 Å². The zero-order valence-electron chi connectivity index (χ0n) is 28.4. The molecule has 0 saturated heterocycles. The Balaban J connectivity index is 1.12. The largest absolute Gasteiger partial charge is 0.462 e. The zero-order chi connectivity index (χ0) is 37.7. The van der Waals surface area contributed by atoms with Gasteiger partial charge in [-0.25, -0.2) is 45.5 Å². The number of aryl methyl sites for hydroxylation is 2. The predicted molar refractivity (Wildman–Crippen MR) is 193 cm³/mol. The number of nitrogens with one attached hydrogen (secondary N) is 4. The van der Waals surface area contributed by atoms with E-state index in [9.17, 15) is 36.0 Å². The molecule has 0 aliphatic heterocycles. The van der Waals surface area contributed by atoms with Gasteiger partial charge >= 0.3 is 24.0 Å². The van der Waals surface area contributed by atoms with Crippen molar-refractivity contribution in [3.8, 4) is 0 Å². The van der Waals surface area contributed by atoms with E-state index in [-0.39, 0.29) is 45.5 Å². The van der Waals surface area contributed by atoms with Gasteiger partial charge in [-0.05, 0) is 99.2 Å². The molecule has 0 bridgehead atoms. The van der Waals surface area contributed by atoms with Crippen LogP contribution < -0.4 is 20.1 Å². The van der Waals surface area contributed by atoms with Crippen molar-refractivity contribution in [2.45, 2.75) is 49.3 Å². The number of hydrogen-bond donors (Lipinski definition) is 4. The maximum absolute atomic E-state index is 12.6. The summed E-state index contributed by atoms with van der Waals surface area (Å²) in [5, 5.41) is 4.82. The van der Waals surface area contributed by atoms with Crippen molar-refractivity contribution < 1.29 is 45.5 Å². The number of benzene rings is 4. The summed E-state index contributed by atoms with van der Waals surface area (Å²) in [5.74, 6) is -1.24. The SMILES string of the molecule is Cc1ccccc1S(=O)(=O)NC(=O)Nc1cccc(C(=O)OCCCCCCOC(=O)c2cccc(NC(=O)NS(=O)(=O)c3ccccc3C)c2)c1. The molecular formula is C36H38N4O10S2. The molecule has 4 N–H and O–H groups in total. The van der Waals surface area contributed by atoms with Gasteiger partial charge in [-0.2, -0.15) is 0 Å². The first-order valence-electron chi connectivity index (χ1n) is 16.1. The maximum atomic E-state index is 12.6. The first-order valence-corrected chi connectivity index (χ1v) is 19.0. The number of urea groups is 2. The van der Waals surface area contributed by atoms with Gasteiger partial charge in [-0.3, -0.25) is 0 Å². The normalized spacial score (nSPS) is 11.2. The summed E-state index contributed by atoms with van der Waals surface area (Å²) in [4.78, 5) is 49.8. The maximum Gasteiger partial charge on any atom is 0.338 e. The molecule has 52 heavy (non-hydrogen) atoms. The van der Waals surface area contributed by atoms with E-state index in [2.05, 4.69) is 10.6 Å². The van der Waals surface area contributed by atoms with Crippen LogP contribution in [0.25, 0.3) is 0 Å². The van der Waals surface area contributed by atoms with Crippen LogP contribution in [0, 0.1) is 13.8 Å². The van der Waals surface area contributed by atoms with E-state index in [1.165, 1.54) is 60.7 Å². The van der Waals surface area contributed by atoms with Crippen LogP contribution in [0.1, 0.15) is 57.5 Å². The molecule has 16 heteroatoms. The van der Waals surface area contributed by atoms with Crippen molar-refractivity contribution in [1.82, 2.24) is 9.44 Å². The van der Waals surface area contributed by atoms with Crippen LogP contribution in [-0.2, 0) is 29.5 Å². The van der Waals surface area contributed by atoms with Gasteiger partial charge < -0.3 is 20.1 Å². The third-order valence-electron chi connectivity index (χ3n) is 7.44. The Hall–Kier alpha value is -5.74. The van der Waals surface area contributed by atoms with Gasteiger partial charge in [0.2, 0.25) is 0 Å². The molecule has 0 saturated carbocycles. The molecule has 0 aromatic heterocycles. The van der Waals surface area contributed by atoms with Crippen LogP contribution in [0.2, 0.25) is 0 Å². The summed E-state index contributed by atoms with van der Waals surface area (Å²) >= 11 is 0. The Kier molecular flexibility index (Phi) is 13.5. The molecule has 0 spiro atoms. The molecule has 14 nitrogen and oxygen atoms in total. The number of hydrogen-bond acceptors (Lipinski definition) is 10. The fourth-order valence-corrected chi connectivity index (χ4v) is 7.19. The number of unbranched alkanes of at least 4 members (excludes halogenated alkanes) is 3. The smallest absolute Gasteiger partial charge is 0.338 e. The van der Waals surface area contributed by atoms with E-state index < -0.39 is 44.0 Å². The van der Waals surface area contributed by atoms with Gasteiger partial charge in [0.05, 0.1) is 34.1 Å². The molecule has 4 amide bonds. The van der Waals surface area contributed by atoms with E-state index in [1.54, 1.807) is 50.2 Å². The number of anilines is 2. The predicted octanol–water partition coefficient (Wildman–Crippen LogP) is 5.90. The average Bonchev–Trinajstić information content (AvgIpc) is 3.09. The topological polar surface area (TPSA) is 203 Å². The fraction of sp³-hybridized carbons (Fsp3) is 0.222. The number of esters is 2. The molecule has 0 unspecified atom stereocenters. The Morgan fingerprint density at radius 3 is 1.29 bits per heavy atom. The number of carbonyl (C=O) groups excluding carboxylic acids is 4. The minimum atomic E-state index is -4.10. The lowest BCUT2D eigenvalue weighted by Gasteiger charge is -2.11. The van der Waals surface area contributed by atoms with Crippen molar-refractivity contribution in [3.63, 3.8) is 0 Å². The fourth-order valence-electron chi connectivity index (χ4n) is 4.89. The third kappa shape index (κ3) is 11.4. The number of sulfonamides is 2. The van der Waals surface area contributed by atoms with Crippen molar-refractivity contribution in [3.05, 3.63) is 119 Å². The highest BCUT2D eigenvalue weighted by Crippen LogP contribution is 2.17. The van der Waals surface area contributed by atoms with E-state index in [0.29, 0.717) is 36.8 Å². The molecule has 0 heterocycles. The minimum absolute atomic E-state index is 0.0278.